The van der Waals surface area contributed by atoms with Gasteiger partial charge in [-0.25, -0.2) is 8.42 Å². The van der Waals surface area contributed by atoms with Gasteiger partial charge in [0.25, 0.3) is 5.91 Å². The molecular formula is C17H16BrF3N2O3S. The third-order valence-corrected chi connectivity index (χ3v) is 6.22. The fourth-order valence-corrected chi connectivity index (χ4v) is 3.75. The molecule has 5 nitrogen and oxygen atoms in total. The Kier molecular flexibility index (Phi) is 6.66. The monoisotopic (exact) mass is 464 g/mol. The fourth-order valence-electron chi connectivity index (χ4n) is 2.19. The molecule has 0 aliphatic heterocycles. The lowest BCUT2D eigenvalue weighted by Crippen LogP contribution is -2.33. The van der Waals surface area contributed by atoms with Crippen LogP contribution in [0, 0.1) is 0 Å². The third kappa shape index (κ3) is 5.78. The number of hydrogen-bond donors (Lipinski definition) is 1. The summed E-state index contributed by atoms with van der Waals surface area (Å²) in [6, 6.07) is 11.9. The number of rotatable bonds is 6. The topological polar surface area (TPSA) is 66.5 Å². The molecule has 1 N–H and O–H groups in total. The van der Waals surface area contributed by atoms with Crippen molar-refractivity contribution in [1.82, 2.24) is 9.62 Å². The first-order chi connectivity index (χ1) is 12.5. The van der Waals surface area contributed by atoms with Crippen molar-refractivity contribution in [3.05, 3.63) is 64.1 Å². The number of carbonyl (C=O) groups is 1. The predicted octanol–water partition coefficient (Wildman–Crippen LogP) is 3.56. The first-order valence-corrected chi connectivity index (χ1v) is 9.89. The molecule has 0 fully saturated rings. The van der Waals surface area contributed by atoms with Crippen molar-refractivity contribution >= 4 is 31.9 Å². The summed E-state index contributed by atoms with van der Waals surface area (Å²) in [4.78, 5) is 11.6. The van der Waals surface area contributed by atoms with Crippen LogP contribution in [0.15, 0.2) is 57.9 Å². The van der Waals surface area contributed by atoms with E-state index < -0.39 is 28.7 Å². The zero-order valence-corrected chi connectivity index (χ0v) is 16.5. The minimum absolute atomic E-state index is 0.0633. The SMILES string of the molecule is CN(Cc1ccccc1Br)S(=O)(=O)c1ccc(C(=O)NCC(F)(F)F)cc1. The molecule has 0 heterocycles. The van der Waals surface area contributed by atoms with Gasteiger partial charge < -0.3 is 5.32 Å². The standard InChI is InChI=1S/C17H16BrF3N2O3S/c1-23(10-13-4-2-3-5-15(13)18)27(25,26)14-8-6-12(7-9-14)16(24)22-11-17(19,20)21/h2-9H,10-11H2,1H3,(H,22,24). The molecule has 0 atom stereocenters. The molecule has 0 spiro atoms. The van der Waals surface area contributed by atoms with Crippen molar-refractivity contribution < 1.29 is 26.4 Å². The minimum atomic E-state index is -4.52. The zero-order chi connectivity index (χ0) is 20.2. The summed E-state index contributed by atoms with van der Waals surface area (Å²) in [6.07, 6.45) is -4.52. The molecule has 10 heteroatoms. The normalized spacial score (nSPS) is 12.2. The largest absolute Gasteiger partial charge is 0.405 e. The second kappa shape index (κ2) is 8.41. The number of nitrogens with zero attached hydrogens (tertiary/aromatic N) is 1. The molecule has 0 radical (unpaired) electrons. The summed E-state index contributed by atoms with van der Waals surface area (Å²) in [5, 5.41) is 1.73. The van der Waals surface area contributed by atoms with E-state index >= 15 is 0 Å². The molecular weight excluding hydrogens is 449 g/mol. The van der Waals surface area contributed by atoms with E-state index in [2.05, 4.69) is 15.9 Å². The first kappa shape index (κ1) is 21.4. The molecule has 2 rings (SSSR count). The second-order valence-electron chi connectivity index (χ2n) is 5.67. The summed E-state index contributed by atoms with van der Waals surface area (Å²) in [7, 11) is -2.42. The van der Waals surface area contributed by atoms with E-state index in [4.69, 9.17) is 0 Å². The molecule has 0 unspecified atom stereocenters. The average molecular weight is 465 g/mol. The molecule has 2 aromatic rings. The van der Waals surface area contributed by atoms with Crippen LogP contribution in [0.4, 0.5) is 13.2 Å². The van der Waals surface area contributed by atoms with Gasteiger partial charge in [0.15, 0.2) is 0 Å². The van der Waals surface area contributed by atoms with Gasteiger partial charge in [0.05, 0.1) is 4.90 Å². The van der Waals surface area contributed by atoms with Crippen molar-refractivity contribution in [2.75, 3.05) is 13.6 Å². The Bertz CT molecular complexity index is 916. The number of sulfonamides is 1. The van der Waals surface area contributed by atoms with Crippen LogP contribution in [-0.2, 0) is 16.6 Å². The highest BCUT2D eigenvalue weighted by molar-refractivity contribution is 9.10. The maximum absolute atomic E-state index is 12.6. The zero-order valence-electron chi connectivity index (χ0n) is 14.1. The maximum Gasteiger partial charge on any atom is 0.405 e. The van der Waals surface area contributed by atoms with Crippen LogP contribution in [0.2, 0.25) is 0 Å². The van der Waals surface area contributed by atoms with Crippen molar-refractivity contribution in [2.24, 2.45) is 0 Å². The van der Waals surface area contributed by atoms with E-state index in [0.29, 0.717) is 0 Å². The Morgan fingerprint density at radius 1 is 1.11 bits per heavy atom. The van der Waals surface area contributed by atoms with Crippen LogP contribution >= 0.6 is 15.9 Å². The van der Waals surface area contributed by atoms with Gasteiger partial charge >= 0.3 is 6.18 Å². The van der Waals surface area contributed by atoms with Crippen molar-refractivity contribution in [3.8, 4) is 0 Å². The average Bonchev–Trinajstić information content (AvgIpc) is 2.61. The molecule has 0 saturated heterocycles. The summed E-state index contributed by atoms with van der Waals surface area (Å²) in [5.74, 6) is -0.933. The van der Waals surface area contributed by atoms with E-state index in [0.717, 1.165) is 14.3 Å². The molecule has 27 heavy (non-hydrogen) atoms. The number of carbonyl (C=O) groups excluding carboxylic acids is 1. The molecule has 2 aromatic carbocycles. The summed E-state index contributed by atoms with van der Waals surface area (Å²) >= 11 is 3.36. The fraction of sp³-hybridized carbons (Fsp3) is 0.235. The van der Waals surface area contributed by atoms with Crippen LogP contribution in [0.3, 0.4) is 0 Å². The summed E-state index contributed by atoms with van der Waals surface area (Å²) in [5.41, 5.74) is 0.707. The highest BCUT2D eigenvalue weighted by atomic mass is 79.9. The number of amides is 1. The van der Waals surface area contributed by atoms with Crippen LogP contribution in [0.25, 0.3) is 0 Å². The molecule has 0 aliphatic carbocycles. The lowest BCUT2D eigenvalue weighted by molar-refractivity contribution is -0.123. The number of benzene rings is 2. The Morgan fingerprint density at radius 2 is 1.70 bits per heavy atom. The van der Waals surface area contributed by atoms with Gasteiger partial charge in [0.2, 0.25) is 10.0 Å². The number of halogens is 4. The van der Waals surface area contributed by atoms with Gasteiger partial charge in [-0.15, -0.1) is 0 Å². The van der Waals surface area contributed by atoms with E-state index in [1.807, 2.05) is 6.07 Å². The number of alkyl halides is 3. The van der Waals surface area contributed by atoms with E-state index in [1.165, 1.54) is 31.3 Å². The Morgan fingerprint density at radius 3 is 2.26 bits per heavy atom. The Labute approximate surface area is 163 Å². The summed E-state index contributed by atoms with van der Waals surface area (Å²) in [6.45, 7) is -1.34. The molecule has 0 saturated carbocycles. The smallest absolute Gasteiger partial charge is 0.343 e. The molecule has 0 aromatic heterocycles. The van der Waals surface area contributed by atoms with Gasteiger partial charge in [-0.2, -0.15) is 17.5 Å². The van der Waals surface area contributed by atoms with Crippen LogP contribution in [0.1, 0.15) is 15.9 Å². The van der Waals surface area contributed by atoms with E-state index in [1.54, 1.807) is 23.5 Å². The van der Waals surface area contributed by atoms with Gasteiger partial charge in [0, 0.05) is 23.6 Å². The predicted molar refractivity (Wildman–Crippen MR) is 97.6 cm³/mol. The highest BCUT2D eigenvalue weighted by Crippen LogP contribution is 2.22. The van der Waals surface area contributed by atoms with Gasteiger partial charge in [-0.3, -0.25) is 4.79 Å². The molecule has 0 aliphatic rings. The van der Waals surface area contributed by atoms with Crippen molar-refractivity contribution in [2.45, 2.75) is 17.6 Å². The van der Waals surface area contributed by atoms with Crippen molar-refractivity contribution in [1.29, 1.82) is 0 Å². The summed E-state index contributed by atoms with van der Waals surface area (Å²) < 4.78 is 63.6. The van der Waals surface area contributed by atoms with Crippen molar-refractivity contribution in [3.63, 3.8) is 0 Å². The van der Waals surface area contributed by atoms with Crippen LogP contribution < -0.4 is 5.32 Å². The van der Waals surface area contributed by atoms with Crippen LogP contribution in [0.5, 0.6) is 0 Å². The minimum Gasteiger partial charge on any atom is -0.343 e. The lowest BCUT2D eigenvalue weighted by Gasteiger charge is -2.18. The highest BCUT2D eigenvalue weighted by Gasteiger charge is 2.28. The molecule has 0 bridgehead atoms. The maximum atomic E-state index is 12.6. The van der Waals surface area contributed by atoms with Gasteiger partial charge in [-0.1, -0.05) is 34.1 Å². The Balaban J connectivity index is 2.12. The first-order valence-electron chi connectivity index (χ1n) is 7.65. The lowest BCUT2D eigenvalue weighted by atomic mass is 10.2. The number of nitrogens with one attached hydrogen (secondary N) is 1. The second-order valence-corrected chi connectivity index (χ2v) is 8.57. The number of hydrogen-bond acceptors (Lipinski definition) is 3. The van der Waals surface area contributed by atoms with Crippen LogP contribution in [-0.4, -0.2) is 38.4 Å². The van der Waals surface area contributed by atoms with E-state index in [-0.39, 0.29) is 17.0 Å². The van der Waals surface area contributed by atoms with Gasteiger partial charge in [0.1, 0.15) is 6.54 Å². The van der Waals surface area contributed by atoms with E-state index in [9.17, 15) is 26.4 Å². The third-order valence-electron chi connectivity index (χ3n) is 3.62. The Hall–Kier alpha value is -1.91. The molecule has 146 valence electrons. The van der Waals surface area contributed by atoms with Gasteiger partial charge in [-0.05, 0) is 35.9 Å². The molecule has 1 amide bonds. The quantitative estimate of drug-likeness (QED) is 0.710.